The Morgan fingerprint density at radius 2 is 2.10 bits per heavy atom. The van der Waals surface area contributed by atoms with Crippen molar-refractivity contribution >= 4 is 33.6 Å². The first-order chi connectivity index (χ1) is 10.2. The summed E-state index contributed by atoms with van der Waals surface area (Å²) in [4.78, 5) is 7.36. The van der Waals surface area contributed by atoms with E-state index in [-0.39, 0.29) is 11.7 Å². The van der Waals surface area contributed by atoms with Gasteiger partial charge in [-0.05, 0) is 35.9 Å². The number of nitrogens with one attached hydrogen (secondary N) is 1. The number of fused-ring (bicyclic) bond motifs is 2. The highest BCUT2D eigenvalue weighted by Crippen LogP contribution is 2.31. The molecule has 3 nitrogen and oxygen atoms in total. The van der Waals surface area contributed by atoms with Crippen molar-refractivity contribution in [2.75, 3.05) is 0 Å². The van der Waals surface area contributed by atoms with Crippen LogP contribution in [-0.4, -0.2) is 9.97 Å². The summed E-state index contributed by atoms with van der Waals surface area (Å²) in [5.74, 6) is 0.495. The Bertz CT molecular complexity index is 957. The van der Waals surface area contributed by atoms with Gasteiger partial charge in [-0.15, -0.1) is 11.6 Å². The van der Waals surface area contributed by atoms with E-state index in [0.717, 1.165) is 27.5 Å². The summed E-state index contributed by atoms with van der Waals surface area (Å²) in [6.07, 6.45) is 1.87. The van der Waals surface area contributed by atoms with Crippen LogP contribution in [0.15, 0.2) is 47.0 Å². The molecule has 0 spiro atoms. The van der Waals surface area contributed by atoms with Gasteiger partial charge in [-0.3, -0.25) is 0 Å². The van der Waals surface area contributed by atoms with Gasteiger partial charge < -0.3 is 9.40 Å². The Morgan fingerprint density at radius 1 is 1.19 bits per heavy atom. The van der Waals surface area contributed by atoms with Gasteiger partial charge in [-0.1, -0.05) is 6.07 Å². The number of hydrogen-bond donors (Lipinski definition) is 1. The van der Waals surface area contributed by atoms with Gasteiger partial charge in [0.2, 0.25) is 5.89 Å². The normalized spacial score (nSPS) is 11.5. The van der Waals surface area contributed by atoms with Crippen molar-refractivity contribution in [3.05, 3.63) is 54.3 Å². The maximum absolute atomic E-state index is 13.2. The first-order valence-electron chi connectivity index (χ1n) is 6.47. The Kier molecular flexibility index (Phi) is 2.72. The van der Waals surface area contributed by atoms with Crippen molar-refractivity contribution in [3.8, 4) is 11.1 Å². The summed E-state index contributed by atoms with van der Waals surface area (Å²) in [6.45, 7) is 0. The second-order valence-electron chi connectivity index (χ2n) is 4.82. The van der Waals surface area contributed by atoms with Crippen LogP contribution in [0.5, 0.6) is 0 Å². The SMILES string of the molecule is Fc1ccc2c(-c3ccc4nc(CCl)oc4c3)c[nH]c2c1. The maximum atomic E-state index is 13.2. The maximum Gasteiger partial charge on any atom is 0.210 e. The van der Waals surface area contributed by atoms with E-state index in [0.29, 0.717) is 11.5 Å². The fourth-order valence-corrected chi connectivity index (χ4v) is 2.65. The number of nitrogens with zero attached hydrogens (tertiary/aromatic N) is 1. The van der Waals surface area contributed by atoms with E-state index >= 15 is 0 Å². The van der Waals surface area contributed by atoms with Crippen molar-refractivity contribution in [1.29, 1.82) is 0 Å². The molecular formula is C16H10ClFN2O. The van der Waals surface area contributed by atoms with Crippen molar-refractivity contribution in [2.45, 2.75) is 5.88 Å². The minimum absolute atomic E-state index is 0.246. The molecule has 5 heteroatoms. The lowest BCUT2D eigenvalue weighted by atomic mass is 10.0. The van der Waals surface area contributed by atoms with Crippen LogP contribution in [0, 0.1) is 5.82 Å². The third-order valence-electron chi connectivity index (χ3n) is 3.50. The van der Waals surface area contributed by atoms with Crippen LogP contribution in [0.2, 0.25) is 0 Å². The molecule has 4 aromatic rings. The number of halogens is 2. The predicted octanol–water partition coefficient (Wildman–Crippen LogP) is 4.85. The molecule has 0 amide bonds. The molecule has 4 rings (SSSR count). The highest BCUT2D eigenvalue weighted by molar-refractivity contribution is 6.16. The van der Waals surface area contributed by atoms with Crippen LogP contribution in [0.25, 0.3) is 33.1 Å². The highest BCUT2D eigenvalue weighted by atomic mass is 35.5. The molecule has 0 aliphatic heterocycles. The molecule has 0 unspecified atom stereocenters. The highest BCUT2D eigenvalue weighted by Gasteiger charge is 2.10. The van der Waals surface area contributed by atoms with Gasteiger partial charge in [-0.2, -0.15) is 0 Å². The van der Waals surface area contributed by atoms with Crippen molar-refractivity contribution in [2.24, 2.45) is 0 Å². The van der Waals surface area contributed by atoms with Crippen LogP contribution in [0.4, 0.5) is 4.39 Å². The molecule has 0 bridgehead atoms. The second-order valence-corrected chi connectivity index (χ2v) is 5.08. The molecule has 2 aromatic carbocycles. The smallest absolute Gasteiger partial charge is 0.210 e. The lowest BCUT2D eigenvalue weighted by molar-refractivity contribution is 0.555. The average Bonchev–Trinajstić information content (AvgIpc) is 3.08. The van der Waals surface area contributed by atoms with E-state index in [9.17, 15) is 4.39 Å². The molecule has 21 heavy (non-hydrogen) atoms. The van der Waals surface area contributed by atoms with Crippen molar-refractivity contribution < 1.29 is 8.81 Å². The lowest BCUT2D eigenvalue weighted by Crippen LogP contribution is -1.77. The third-order valence-corrected chi connectivity index (χ3v) is 3.73. The van der Waals surface area contributed by atoms with Crippen LogP contribution in [-0.2, 0) is 5.88 Å². The minimum Gasteiger partial charge on any atom is -0.439 e. The van der Waals surface area contributed by atoms with Gasteiger partial charge in [0.25, 0.3) is 0 Å². The molecule has 1 N–H and O–H groups in total. The van der Waals surface area contributed by atoms with Gasteiger partial charge in [-0.25, -0.2) is 9.37 Å². The van der Waals surface area contributed by atoms with Crippen molar-refractivity contribution in [3.63, 3.8) is 0 Å². The summed E-state index contributed by atoms with van der Waals surface area (Å²) in [5, 5.41) is 0.966. The van der Waals surface area contributed by atoms with Crippen LogP contribution in [0.1, 0.15) is 5.89 Å². The van der Waals surface area contributed by atoms with Crippen molar-refractivity contribution in [1.82, 2.24) is 9.97 Å². The topological polar surface area (TPSA) is 41.8 Å². The molecule has 0 aliphatic carbocycles. The minimum atomic E-state index is -0.256. The molecule has 2 aromatic heterocycles. The van der Waals surface area contributed by atoms with Gasteiger partial charge in [0, 0.05) is 22.7 Å². The monoisotopic (exact) mass is 300 g/mol. The number of alkyl halides is 1. The molecule has 2 heterocycles. The first kappa shape index (κ1) is 12.4. The van der Waals surface area contributed by atoms with E-state index in [2.05, 4.69) is 9.97 Å². The number of oxazole rings is 1. The Hall–Kier alpha value is -2.33. The van der Waals surface area contributed by atoms with Gasteiger partial charge in [0.05, 0.1) is 5.88 Å². The zero-order valence-corrected chi connectivity index (χ0v) is 11.6. The van der Waals surface area contributed by atoms with Gasteiger partial charge in [0.15, 0.2) is 5.58 Å². The van der Waals surface area contributed by atoms with E-state index in [1.165, 1.54) is 12.1 Å². The summed E-state index contributed by atoms with van der Waals surface area (Å²) in [6, 6.07) is 10.5. The van der Waals surface area contributed by atoms with Crippen LogP contribution < -0.4 is 0 Å². The summed E-state index contributed by atoms with van der Waals surface area (Å²) in [7, 11) is 0. The quantitative estimate of drug-likeness (QED) is 0.537. The standard InChI is InChI=1S/C16H10ClFN2O/c17-7-16-20-13-4-1-9(5-15(13)21-16)12-8-19-14-6-10(18)2-3-11(12)14/h1-6,8,19H,7H2. The summed E-state index contributed by atoms with van der Waals surface area (Å²) in [5.41, 5.74) is 4.22. The van der Waals surface area contributed by atoms with E-state index < -0.39 is 0 Å². The summed E-state index contributed by atoms with van der Waals surface area (Å²) >= 11 is 5.73. The zero-order chi connectivity index (χ0) is 14.4. The predicted molar refractivity (Wildman–Crippen MR) is 80.8 cm³/mol. The third kappa shape index (κ3) is 1.99. The molecule has 0 saturated carbocycles. The number of benzene rings is 2. The number of hydrogen-bond acceptors (Lipinski definition) is 2. The largest absolute Gasteiger partial charge is 0.439 e. The fraction of sp³-hybridized carbons (Fsp3) is 0.0625. The van der Waals surface area contributed by atoms with E-state index in [4.69, 9.17) is 16.0 Å². The number of rotatable bonds is 2. The second kappa shape index (κ2) is 4.60. The molecule has 0 aliphatic rings. The Balaban J connectivity index is 1.91. The molecule has 104 valence electrons. The summed E-state index contributed by atoms with van der Waals surface area (Å²) < 4.78 is 18.8. The molecule has 0 atom stereocenters. The van der Waals surface area contributed by atoms with Gasteiger partial charge in [0.1, 0.15) is 11.3 Å². The molecular weight excluding hydrogens is 291 g/mol. The fourth-order valence-electron chi connectivity index (χ4n) is 2.53. The lowest BCUT2D eigenvalue weighted by Gasteiger charge is -1.99. The van der Waals surface area contributed by atoms with E-state index in [1.54, 1.807) is 6.07 Å². The first-order valence-corrected chi connectivity index (χ1v) is 7.00. The van der Waals surface area contributed by atoms with Gasteiger partial charge >= 0.3 is 0 Å². The molecule has 0 radical (unpaired) electrons. The van der Waals surface area contributed by atoms with Crippen LogP contribution in [0.3, 0.4) is 0 Å². The number of H-pyrrole nitrogens is 1. The van der Waals surface area contributed by atoms with Crippen LogP contribution >= 0.6 is 11.6 Å². The average molecular weight is 301 g/mol. The Morgan fingerprint density at radius 3 is 2.95 bits per heavy atom. The molecule has 0 saturated heterocycles. The molecule has 0 fully saturated rings. The van der Waals surface area contributed by atoms with E-state index in [1.807, 2.05) is 24.4 Å². The number of aromatic nitrogens is 2. The Labute approximate surface area is 124 Å². The zero-order valence-electron chi connectivity index (χ0n) is 10.9. The number of aromatic amines is 1.